The molecule has 1 unspecified atom stereocenters. The monoisotopic (exact) mass is 274 g/mol. The van der Waals surface area contributed by atoms with Crippen LogP contribution < -0.4 is 0 Å². The number of ether oxygens (including phenoxy) is 1. The molecule has 1 saturated carbocycles. The molecule has 0 aliphatic heterocycles. The lowest BCUT2D eigenvalue weighted by molar-refractivity contribution is -0.137. The predicted molar refractivity (Wildman–Crippen MR) is 67.9 cm³/mol. The van der Waals surface area contributed by atoms with Gasteiger partial charge in [0.05, 0.1) is 25.7 Å². The molecule has 1 rings (SSSR count). The number of carbonyl (C=O) groups is 2. The Balaban J connectivity index is 2.48. The summed E-state index contributed by atoms with van der Waals surface area (Å²) in [5, 5.41) is 18.3. The molecule has 0 aromatic rings. The van der Waals surface area contributed by atoms with E-state index in [9.17, 15) is 14.7 Å². The summed E-state index contributed by atoms with van der Waals surface area (Å²) in [6.07, 6.45) is 1.04. The maximum absolute atomic E-state index is 12.2. The topological polar surface area (TPSA) is 90.3 Å². The van der Waals surface area contributed by atoms with Crippen LogP contribution in [0, 0.1) is 0 Å². The number of carboxylic acid groups (broad SMARTS) is 1. The van der Waals surface area contributed by atoms with E-state index < -0.39 is 12.1 Å². The normalized spacial score (nSPS) is 15.9. The number of urea groups is 1. The van der Waals surface area contributed by atoms with Gasteiger partial charge in [-0.2, -0.15) is 0 Å². The summed E-state index contributed by atoms with van der Waals surface area (Å²) in [5.74, 6) is -0.916. The standard InChI is InChI=1S/C12H22N2O5/c1-13(7-10(15)8-19-2)12(18)14(9-3-4-9)6-5-11(16)17/h9-10,15H,3-8H2,1-2H3,(H,16,17). The third-order valence-corrected chi connectivity index (χ3v) is 2.97. The molecule has 1 aliphatic rings. The van der Waals surface area contributed by atoms with E-state index in [0.717, 1.165) is 12.8 Å². The van der Waals surface area contributed by atoms with Crippen molar-refractivity contribution in [2.45, 2.75) is 31.4 Å². The van der Waals surface area contributed by atoms with Crippen molar-refractivity contribution in [1.29, 1.82) is 0 Å². The Morgan fingerprint density at radius 2 is 2.05 bits per heavy atom. The van der Waals surface area contributed by atoms with Crippen LogP contribution in [0.5, 0.6) is 0 Å². The van der Waals surface area contributed by atoms with E-state index in [0.29, 0.717) is 0 Å². The number of carboxylic acids is 1. The van der Waals surface area contributed by atoms with Crippen molar-refractivity contribution < 1.29 is 24.5 Å². The number of likely N-dealkylation sites (N-methyl/N-ethyl adjacent to an activating group) is 1. The maximum Gasteiger partial charge on any atom is 0.320 e. The molecule has 2 amide bonds. The van der Waals surface area contributed by atoms with Crippen LogP contribution in [0.4, 0.5) is 4.79 Å². The molecule has 0 aromatic heterocycles. The van der Waals surface area contributed by atoms with E-state index in [4.69, 9.17) is 9.84 Å². The molecular weight excluding hydrogens is 252 g/mol. The van der Waals surface area contributed by atoms with Gasteiger partial charge in [0.15, 0.2) is 0 Å². The van der Waals surface area contributed by atoms with Crippen LogP contribution in [0.15, 0.2) is 0 Å². The fourth-order valence-electron chi connectivity index (χ4n) is 1.90. The van der Waals surface area contributed by atoms with Crippen LogP contribution in [0.1, 0.15) is 19.3 Å². The first-order valence-electron chi connectivity index (χ1n) is 6.36. The van der Waals surface area contributed by atoms with Crippen molar-refractivity contribution in [3.63, 3.8) is 0 Å². The van der Waals surface area contributed by atoms with Gasteiger partial charge in [0.2, 0.25) is 0 Å². The minimum Gasteiger partial charge on any atom is -0.481 e. The van der Waals surface area contributed by atoms with Crippen LogP contribution >= 0.6 is 0 Å². The smallest absolute Gasteiger partial charge is 0.320 e. The Labute approximate surface area is 112 Å². The highest BCUT2D eigenvalue weighted by molar-refractivity contribution is 5.76. The summed E-state index contributed by atoms with van der Waals surface area (Å²) in [6, 6.07) is -0.0900. The zero-order valence-electron chi connectivity index (χ0n) is 11.4. The van der Waals surface area contributed by atoms with Crippen molar-refractivity contribution in [2.75, 3.05) is 33.9 Å². The first kappa shape index (κ1) is 15.7. The number of methoxy groups -OCH3 is 1. The summed E-state index contributed by atoms with van der Waals surface area (Å²) >= 11 is 0. The Morgan fingerprint density at radius 3 is 2.53 bits per heavy atom. The molecule has 1 aliphatic carbocycles. The van der Waals surface area contributed by atoms with Gasteiger partial charge in [0.25, 0.3) is 0 Å². The Bertz CT molecular complexity index is 319. The van der Waals surface area contributed by atoms with E-state index >= 15 is 0 Å². The third kappa shape index (κ3) is 5.44. The number of amides is 2. The molecule has 110 valence electrons. The van der Waals surface area contributed by atoms with E-state index in [1.54, 1.807) is 11.9 Å². The van der Waals surface area contributed by atoms with E-state index in [1.807, 2.05) is 0 Å². The summed E-state index contributed by atoms with van der Waals surface area (Å²) < 4.78 is 4.80. The Morgan fingerprint density at radius 1 is 1.42 bits per heavy atom. The first-order valence-corrected chi connectivity index (χ1v) is 6.36. The van der Waals surface area contributed by atoms with Crippen LogP contribution in [-0.4, -0.2) is 78.0 Å². The zero-order valence-corrected chi connectivity index (χ0v) is 11.4. The molecule has 1 fully saturated rings. The molecule has 0 radical (unpaired) electrons. The molecule has 0 heterocycles. The summed E-state index contributed by atoms with van der Waals surface area (Å²) in [4.78, 5) is 25.8. The first-order chi connectivity index (χ1) is 8.95. The largest absolute Gasteiger partial charge is 0.481 e. The van der Waals surface area contributed by atoms with Crippen molar-refractivity contribution in [1.82, 2.24) is 9.80 Å². The number of aliphatic hydroxyl groups excluding tert-OH is 1. The molecule has 7 heteroatoms. The van der Waals surface area contributed by atoms with E-state index in [-0.39, 0.29) is 38.2 Å². The van der Waals surface area contributed by atoms with Crippen LogP contribution in [0.3, 0.4) is 0 Å². The predicted octanol–water partition coefficient (Wildman–Crippen LogP) is -0.0154. The molecule has 1 atom stereocenters. The van der Waals surface area contributed by atoms with Gasteiger partial charge in [0.1, 0.15) is 0 Å². The number of rotatable bonds is 8. The van der Waals surface area contributed by atoms with Gasteiger partial charge < -0.3 is 24.7 Å². The molecule has 0 saturated heterocycles. The summed E-state index contributed by atoms with van der Waals surface area (Å²) in [6.45, 7) is 0.544. The minimum atomic E-state index is -0.916. The second-order valence-electron chi connectivity index (χ2n) is 4.84. The van der Waals surface area contributed by atoms with Gasteiger partial charge in [-0.15, -0.1) is 0 Å². The van der Waals surface area contributed by atoms with Crippen molar-refractivity contribution in [2.24, 2.45) is 0 Å². The third-order valence-electron chi connectivity index (χ3n) is 2.97. The zero-order chi connectivity index (χ0) is 14.4. The molecular formula is C12H22N2O5. The van der Waals surface area contributed by atoms with Crippen molar-refractivity contribution in [3.05, 3.63) is 0 Å². The van der Waals surface area contributed by atoms with Crippen molar-refractivity contribution >= 4 is 12.0 Å². The Hall–Kier alpha value is -1.34. The van der Waals surface area contributed by atoms with Gasteiger partial charge in [-0.3, -0.25) is 4.79 Å². The highest BCUT2D eigenvalue weighted by atomic mass is 16.5. The maximum atomic E-state index is 12.2. The van der Waals surface area contributed by atoms with Gasteiger partial charge in [0, 0.05) is 26.7 Å². The highest BCUT2D eigenvalue weighted by Gasteiger charge is 2.34. The van der Waals surface area contributed by atoms with Gasteiger partial charge in [-0.1, -0.05) is 0 Å². The minimum absolute atomic E-state index is 0.0588. The number of nitrogens with zero attached hydrogens (tertiary/aromatic N) is 2. The number of aliphatic hydroxyl groups is 1. The Kier molecular flexibility index (Phi) is 6.04. The van der Waals surface area contributed by atoms with E-state index in [1.165, 1.54) is 12.0 Å². The highest BCUT2D eigenvalue weighted by Crippen LogP contribution is 2.27. The lowest BCUT2D eigenvalue weighted by Crippen LogP contribution is -2.46. The number of hydrogen-bond donors (Lipinski definition) is 2. The number of hydrogen-bond acceptors (Lipinski definition) is 4. The SMILES string of the molecule is COCC(O)CN(C)C(=O)N(CCC(=O)O)C1CC1. The summed E-state index contributed by atoms with van der Waals surface area (Å²) in [5.41, 5.74) is 0. The fraction of sp³-hybridized carbons (Fsp3) is 0.833. The van der Waals surface area contributed by atoms with Crippen LogP contribution in [0.25, 0.3) is 0 Å². The molecule has 0 aromatic carbocycles. The second kappa shape index (κ2) is 7.30. The average Bonchev–Trinajstić information content (AvgIpc) is 3.13. The number of carbonyl (C=O) groups excluding carboxylic acids is 1. The van der Waals surface area contributed by atoms with Crippen LogP contribution in [-0.2, 0) is 9.53 Å². The van der Waals surface area contributed by atoms with Crippen molar-refractivity contribution in [3.8, 4) is 0 Å². The second-order valence-corrected chi connectivity index (χ2v) is 4.84. The lowest BCUT2D eigenvalue weighted by Gasteiger charge is -2.29. The molecule has 19 heavy (non-hydrogen) atoms. The van der Waals surface area contributed by atoms with Crippen LogP contribution in [0.2, 0.25) is 0 Å². The fourth-order valence-corrected chi connectivity index (χ4v) is 1.90. The lowest BCUT2D eigenvalue weighted by atomic mass is 10.3. The number of aliphatic carboxylic acids is 1. The molecule has 0 spiro atoms. The molecule has 0 bridgehead atoms. The van der Waals surface area contributed by atoms with Gasteiger partial charge in [-0.25, -0.2) is 4.79 Å². The summed E-state index contributed by atoms with van der Waals surface area (Å²) in [7, 11) is 3.08. The average molecular weight is 274 g/mol. The van der Waals surface area contributed by atoms with E-state index in [2.05, 4.69) is 0 Å². The quantitative estimate of drug-likeness (QED) is 0.649. The van der Waals surface area contributed by atoms with Gasteiger partial charge in [-0.05, 0) is 12.8 Å². The molecule has 2 N–H and O–H groups in total. The molecule has 7 nitrogen and oxygen atoms in total. The van der Waals surface area contributed by atoms with Gasteiger partial charge >= 0.3 is 12.0 Å².